The van der Waals surface area contributed by atoms with Gasteiger partial charge in [0, 0.05) is 6.42 Å². The maximum absolute atomic E-state index is 12.9. The zero-order chi connectivity index (χ0) is 17.8. The quantitative estimate of drug-likeness (QED) is 0.630. The molecule has 4 nitrogen and oxygen atoms in total. The standard InChI is InChI=1S/C21H19NO3/c1-2-3-4-13-18(21(24)25)22-20(23)19-16-11-7-5-9-14(16)15-10-6-8-12-17(15)19/h1,5-12,18-19H,3-4,13H2,(H,22,23)(H,24,25)/t18-/m1/s1. The Hall–Kier alpha value is -3.06. The molecule has 25 heavy (non-hydrogen) atoms. The van der Waals surface area contributed by atoms with E-state index in [2.05, 4.69) is 11.2 Å². The van der Waals surface area contributed by atoms with Gasteiger partial charge >= 0.3 is 5.97 Å². The summed E-state index contributed by atoms with van der Waals surface area (Å²) < 4.78 is 0. The molecule has 1 aliphatic rings. The number of hydrogen-bond acceptors (Lipinski definition) is 2. The molecular formula is C21H19NO3. The van der Waals surface area contributed by atoms with Gasteiger partial charge in [0.1, 0.15) is 6.04 Å². The number of hydrogen-bond donors (Lipinski definition) is 2. The molecule has 0 aliphatic heterocycles. The number of carboxylic acids is 1. The number of fused-ring (bicyclic) bond motifs is 3. The average Bonchev–Trinajstić information content (AvgIpc) is 2.95. The second-order valence-corrected chi connectivity index (χ2v) is 6.10. The van der Waals surface area contributed by atoms with E-state index in [9.17, 15) is 14.7 Å². The van der Waals surface area contributed by atoms with Crippen molar-refractivity contribution >= 4 is 11.9 Å². The molecule has 0 unspecified atom stereocenters. The van der Waals surface area contributed by atoms with Crippen molar-refractivity contribution in [1.29, 1.82) is 0 Å². The smallest absolute Gasteiger partial charge is 0.326 e. The highest BCUT2D eigenvalue weighted by molar-refractivity contribution is 5.97. The van der Waals surface area contributed by atoms with Gasteiger partial charge in [-0.3, -0.25) is 4.79 Å². The van der Waals surface area contributed by atoms with Crippen LogP contribution in [0.15, 0.2) is 48.5 Å². The van der Waals surface area contributed by atoms with Crippen LogP contribution in [-0.2, 0) is 9.59 Å². The number of rotatable bonds is 6. The second-order valence-electron chi connectivity index (χ2n) is 6.10. The van der Waals surface area contributed by atoms with Crippen molar-refractivity contribution < 1.29 is 14.7 Å². The molecular weight excluding hydrogens is 314 g/mol. The van der Waals surface area contributed by atoms with Gasteiger partial charge in [-0.1, -0.05) is 48.5 Å². The number of aliphatic carboxylic acids is 1. The van der Waals surface area contributed by atoms with Gasteiger partial charge in [0.15, 0.2) is 0 Å². The van der Waals surface area contributed by atoms with Crippen molar-refractivity contribution in [3.8, 4) is 23.5 Å². The molecule has 2 aromatic carbocycles. The molecule has 3 rings (SSSR count). The van der Waals surface area contributed by atoms with E-state index in [0.717, 1.165) is 22.3 Å². The molecule has 0 radical (unpaired) electrons. The van der Waals surface area contributed by atoms with Crippen molar-refractivity contribution in [3.05, 3.63) is 59.7 Å². The van der Waals surface area contributed by atoms with E-state index in [1.165, 1.54) is 0 Å². The molecule has 0 saturated carbocycles. The maximum atomic E-state index is 12.9. The monoisotopic (exact) mass is 333 g/mol. The SMILES string of the molecule is C#CCCC[C@@H](NC(=O)C1c2ccccc2-c2ccccc21)C(=O)O. The number of terminal acetylenes is 1. The largest absolute Gasteiger partial charge is 0.480 e. The third-order valence-electron chi connectivity index (χ3n) is 4.52. The van der Waals surface area contributed by atoms with Crippen molar-refractivity contribution in [2.45, 2.75) is 31.2 Å². The topological polar surface area (TPSA) is 66.4 Å². The third-order valence-corrected chi connectivity index (χ3v) is 4.52. The second kappa shape index (κ2) is 7.23. The van der Waals surface area contributed by atoms with Crippen LogP contribution < -0.4 is 5.32 Å². The Morgan fingerprint density at radius 1 is 1.08 bits per heavy atom. The van der Waals surface area contributed by atoms with Crippen LogP contribution in [0.5, 0.6) is 0 Å². The minimum atomic E-state index is -1.04. The minimum Gasteiger partial charge on any atom is -0.480 e. The molecule has 0 saturated heterocycles. The first-order valence-corrected chi connectivity index (χ1v) is 8.28. The van der Waals surface area contributed by atoms with Crippen LogP contribution in [0.25, 0.3) is 11.1 Å². The summed E-state index contributed by atoms with van der Waals surface area (Å²) in [5.74, 6) is 0.683. The fourth-order valence-corrected chi connectivity index (χ4v) is 3.36. The molecule has 0 bridgehead atoms. The zero-order valence-electron chi connectivity index (χ0n) is 13.7. The summed E-state index contributed by atoms with van der Waals surface area (Å²) in [6.07, 6.45) is 6.59. The Kier molecular flexibility index (Phi) is 4.85. The van der Waals surface area contributed by atoms with Crippen molar-refractivity contribution in [2.24, 2.45) is 0 Å². The van der Waals surface area contributed by atoms with Gasteiger partial charge in [0.2, 0.25) is 5.91 Å². The Morgan fingerprint density at radius 3 is 2.16 bits per heavy atom. The number of carbonyl (C=O) groups is 2. The third kappa shape index (κ3) is 3.27. The molecule has 1 atom stereocenters. The van der Waals surface area contributed by atoms with Gasteiger partial charge in [-0.25, -0.2) is 4.79 Å². The van der Waals surface area contributed by atoms with E-state index in [-0.39, 0.29) is 5.91 Å². The molecule has 4 heteroatoms. The molecule has 0 spiro atoms. The highest BCUT2D eigenvalue weighted by Crippen LogP contribution is 2.44. The van der Waals surface area contributed by atoms with E-state index in [1.54, 1.807) is 0 Å². The molecule has 2 aromatic rings. The fraction of sp³-hybridized carbons (Fsp3) is 0.238. The number of nitrogens with one attached hydrogen (secondary N) is 1. The first kappa shape index (κ1) is 16.8. The molecule has 0 fully saturated rings. The number of unbranched alkanes of at least 4 members (excludes halogenated alkanes) is 1. The van der Waals surface area contributed by atoms with Crippen molar-refractivity contribution in [2.75, 3.05) is 0 Å². The van der Waals surface area contributed by atoms with Crippen LogP contribution in [0, 0.1) is 12.3 Å². The average molecular weight is 333 g/mol. The summed E-state index contributed by atoms with van der Waals surface area (Å²) >= 11 is 0. The maximum Gasteiger partial charge on any atom is 0.326 e. The molecule has 1 aliphatic carbocycles. The number of amides is 1. The van der Waals surface area contributed by atoms with E-state index < -0.39 is 17.9 Å². The van der Waals surface area contributed by atoms with Gasteiger partial charge in [0.05, 0.1) is 5.92 Å². The van der Waals surface area contributed by atoms with Crippen LogP contribution in [0.3, 0.4) is 0 Å². The lowest BCUT2D eigenvalue weighted by atomic mass is 9.95. The lowest BCUT2D eigenvalue weighted by molar-refractivity contribution is -0.142. The van der Waals surface area contributed by atoms with Crippen molar-refractivity contribution in [1.82, 2.24) is 5.32 Å². The van der Waals surface area contributed by atoms with Crippen LogP contribution >= 0.6 is 0 Å². The van der Waals surface area contributed by atoms with E-state index in [4.69, 9.17) is 6.42 Å². The van der Waals surface area contributed by atoms with Gasteiger partial charge in [-0.15, -0.1) is 12.3 Å². The van der Waals surface area contributed by atoms with Gasteiger partial charge < -0.3 is 10.4 Å². The Bertz CT molecular complexity index is 805. The highest BCUT2D eigenvalue weighted by Gasteiger charge is 2.35. The Morgan fingerprint density at radius 2 is 1.64 bits per heavy atom. The van der Waals surface area contributed by atoms with Crippen LogP contribution in [-0.4, -0.2) is 23.0 Å². The zero-order valence-corrected chi connectivity index (χ0v) is 13.7. The van der Waals surface area contributed by atoms with Gasteiger partial charge in [-0.2, -0.15) is 0 Å². The van der Waals surface area contributed by atoms with E-state index >= 15 is 0 Å². The first-order chi connectivity index (χ1) is 12.1. The predicted octanol–water partition coefficient (Wildman–Crippen LogP) is 3.17. The molecule has 126 valence electrons. The minimum absolute atomic E-state index is 0.287. The van der Waals surface area contributed by atoms with Crippen LogP contribution in [0.2, 0.25) is 0 Å². The predicted molar refractivity (Wildman–Crippen MR) is 96.0 cm³/mol. The molecule has 2 N–H and O–H groups in total. The van der Waals surface area contributed by atoms with E-state index in [1.807, 2.05) is 48.5 Å². The highest BCUT2D eigenvalue weighted by atomic mass is 16.4. The lowest BCUT2D eigenvalue weighted by Gasteiger charge is -2.18. The molecule has 0 aromatic heterocycles. The van der Waals surface area contributed by atoms with Crippen LogP contribution in [0.1, 0.15) is 36.3 Å². The Labute approximate surface area is 146 Å². The number of carboxylic acid groups (broad SMARTS) is 1. The fourth-order valence-electron chi connectivity index (χ4n) is 3.36. The summed E-state index contributed by atoms with van der Waals surface area (Å²) in [5.41, 5.74) is 3.87. The number of benzene rings is 2. The normalized spacial score (nSPS) is 13.4. The molecule has 1 amide bonds. The van der Waals surface area contributed by atoms with Gasteiger partial charge in [-0.05, 0) is 35.1 Å². The summed E-state index contributed by atoms with van der Waals surface area (Å²) in [4.78, 5) is 24.4. The summed E-state index contributed by atoms with van der Waals surface area (Å²) in [7, 11) is 0. The van der Waals surface area contributed by atoms with Crippen molar-refractivity contribution in [3.63, 3.8) is 0 Å². The summed E-state index contributed by atoms with van der Waals surface area (Å²) in [6.45, 7) is 0. The summed E-state index contributed by atoms with van der Waals surface area (Å²) in [5, 5.41) is 12.1. The van der Waals surface area contributed by atoms with Gasteiger partial charge in [0.25, 0.3) is 0 Å². The lowest BCUT2D eigenvalue weighted by Crippen LogP contribution is -2.43. The first-order valence-electron chi connectivity index (χ1n) is 8.28. The Balaban J connectivity index is 1.87. The van der Waals surface area contributed by atoms with Crippen LogP contribution in [0.4, 0.5) is 0 Å². The van der Waals surface area contributed by atoms with E-state index in [0.29, 0.717) is 19.3 Å². The molecule has 0 heterocycles. The summed E-state index contributed by atoms with van der Waals surface area (Å²) in [6, 6.07) is 14.6. The number of carbonyl (C=O) groups excluding carboxylic acids is 1.